The number of carbonyl (C=O) groups excluding carboxylic acids is 3. The van der Waals surface area contributed by atoms with Crippen molar-refractivity contribution in [2.24, 2.45) is 11.3 Å². The second-order valence-corrected chi connectivity index (χ2v) is 10.9. The molecule has 0 spiro atoms. The Morgan fingerprint density at radius 3 is 1.43 bits per heavy atom. The summed E-state index contributed by atoms with van der Waals surface area (Å²) in [5.41, 5.74) is -0.718. The fourth-order valence-corrected chi connectivity index (χ4v) is 4.49. The molecule has 4 aromatic carbocycles. The Labute approximate surface area is 217 Å². The van der Waals surface area contributed by atoms with Gasteiger partial charge in [-0.1, -0.05) is 72.8 Å². The molecule has 3 amide bonds. The highest BCUT2D eigenvalue weighted by atomic mass is 16.2. The molecule has 0 fully saturated rings. The van der Waals surface area contributed by atoms with E-state index in [0.717, 1.165) is 21.5 Å². The average molecular weight is 496 g/mol. The molecule has 6 heteroatoms. The maximum atomic E-state index is 13.8. The van der Waals surface area contributed by atoms with Crippen LogP contribution in [0, 0.1) is 11.3 Å². The number of amides is 3. The molecule has 0 heterocycles. The van der Waals surface area contributed by atoms with Gasteiger partial charge in [0.2, 0.25) is 17.7 Å². The Morgan fingerprint density at radius 1 is 0.595 bits per heavy atom. The molecule has 0 aromatic heterocycles. The number of fused-ring (bicyclic) bond motifs is 2. The fourth-order valence-electron chi connectivity index (χ4n) is 4.49. The predicted octanol–water partition coefficient (Wildman–Crippen LogP) is 6.13. The summed E-state index contributed by atoms with van der Waals surface area (Å²) in [6.07, 6.45) is 0. The van der Waals surface area contributed by atoms with Crippen molar-refractivity contribution < 1.29 is 14.4 Å². The first-order chi connectivity index (χ1) is 17.5. The molecule has 0 unspecified atom stereocenters. The van der Waals surface area contributed by atoms with Crippen LogP contribution < -0.4 is 16.0 Å². The number of anilines is 2. The fraction of sp³-hybridized carbons (Fsp3) is 0.258. The van der Waals surface area contributed by atoms with Gasteiger partial charge in [0.25, 0.3) is 0 Å². The highest BCUT2D eigenvalue weighted by Gasteiger charge is 2.47. The van der Waals surface area contributed by atoms with Crippen molar-refractivity contribution in [2.45, 2.75) is 40.2 Å². The minimum absolute atomic E-state index is 0.383. The van der Waals surface area contributed by atoms with Crippen LogP contribution in [0.15, 0.2) is 84.9 Å². The molecule has 0 saturated carbocycles. The van der Waals surface area contributed by atoms with Crippen LogP contribution in [0.3, 0.4) is 0 Å². The van der Waals surface area contributed by atoms with Crippen molar-refractivity contribution in [2.75, 3.05) is 10.6 Å². The molecule has 0 radical (unpaired) electrons. The van der Waals surface area contributed by atoms with E-state index in [1.54, 1.807) is 26.0 Å². The number of hydrogen-bond donors (Lipinski definition) is 3. The van der Waals surface area contributed by atoms with Crippen molar-refractivity contribution >= 4 is 50.6 Å². The molecule has 3 N–H and O–H groups in total. The van der Waals surface area contributed by atoms with Crippen LogP contribution in [-0.2, 0) is 14.4 Å². The third-order valence-corrected chi connectivity index (χ3v) is 6.41. The zero-order valence-electron chi connectivity index (χ0n) is 21.9. The van der Waals surface area contributed by atoms with Crippen molar-refractivity contribution in [3.63, 3.8) is 0 Å². The Kier molecular flexibility index (Phi) is 7.03. The lowest BCUT2D eigenvalue weighted by Crippen LogP contribution is -2.54. The van der Waals surface area contributed by atoms with Gasteiger partial charge >= 0.3 is 0 Å². The lowest BCUT2D eigenvalue weighted by atomic mass is 9.76. The molecule has 190 valence electrons. The molecule has 37 heavy (non-hydrogen) atoms. The van der Waals surface area contributed by atoms with Crippen LogP contribution in [0.5, 0.6) is 0 Å². The highest BCUT2D eigenvalue weighted by Crippen LogP contribution is 2.33. The van der Waals surface area contributed by atoms with Gasteiger partial charge < -0.3 is 16.0 Å². The van der Waals surface area contributed by atoms with E-state index in [1.807, 2.05) is 93.6 Å². The maximum Gasteiger partial charge on any atom is 0.238 e. The molecular weight excluding hydrogens is 462 g/mol. The summed E-state index contributed by atoms with van der Waals surface area (Å²) in [7, 11) is 0. The summed E-state index contributed by atoms with van der Waals surface area (Å²) in [5, 5.41) is 12.4. The first-order valence-corrected chi connectivity index (χ1v) is 12.4. The Bertz CT molecular complexity index is 1380. The highest BCUT2D eigenvalue weighted by molar-refractivity contribution is 6.17. The second kappa shape index (κ2) is 10.1. The SMILES string of the molecule is CC(C)(C)NC(=O)C(C)(C)C(C(=O)Nc1cccc2ccccc12)C(=O)Nc1cccc2ccccc12. The molecule has 0 bridgehead atoms. The summed E-state index contributed by atoms with van der Waals surface area (Å²) in [5.74, 6) is -2.80. The van der Waals surface area contributed by atoms with E-state index in [2.05, 4.69) is 16.0 Å². The van der Waals surface area contributed by atoms with Crippen molar-refractivity contribution in [3.8, 4) is 0 Å². The summed E-state index contributed by atoms with van der Waals surface area (Å²) in [4.78, 5) is 41.0. The number of hydrogen-bond acceptors (Lipinski definition) is 3. The van der Waals surface area contributed by atoms with Gasteiger partial charge in [0.15, 0.2) is 0 Å². The molecular formula is C31H33N3O3. The predicted molar refractivity (Wildman–Crippen MR) is 150 cm³/mol. The van der Waals surface area contributed by atoms with E-state index in [0.29, 0.717) is 11.4 Å². The molecule has 0 atom stereocenters. The topological polar surface area (TPSA) is 87.3 Å². The van der Waals surface area contributed by atoms with Crippen LogP contribution in [0.1, 0.15) is 34.6 Å². The van der Waals surface area contributed by atoms with Gasteiger partial charge in [-0.15, -0.1) is 0 Å². The minimum atomic E-state index is -1.35. The van der Waals surface area contributed by atoms with Gasteiger partial charge in [-0.05, 0) is 57.5 Å². The summed E-state index contributed by atoms with van der Waals surface area (Å²) >= 11 is 0. The number of rotatable bonds is 6. The average Bonchev–Trinajstić information content (AvgIpc) is 2.83. The largest absolute Gasteiger partial charge is 0.351 e. The van der Waals surface area contributed by atoms with E-state index in [4.69, 9.17) is 0 Å². The number of carbonyl (C=O) groups is 3. The van der Waals surface area contributed by atoms with E-state index in [9.17, 15) is 14.4 Å². The van der Waals surface area contributed by atoms with E-state index < -0.39 is 28.7 Å². The maximum absolute atomic E-state index is 13.8. The van der Waals surface area contributed by atoms with Crippen LogP contribution in [-0.4, -0.2) is 23.3 Å². The summed E-state index contributed by atoms with van der Waals surface area (Å²) < 4.78 is 0. The molecule has 0 saturated heterocycles. The molecule has 0 aliphatic rings. The van der Waals surface area contributed by atoms with E-state index in [1.165, 1.54) is 0 Å². The molecule has 0 aliphatic carbocycles. The smallest absolute Gasteiger partial charge is 0.238 e. The standard InChI is InChI=1S/C31H33N3O3/c1-30(2,3)34-29(37)31(4,5)26(27(35)32-24-18-10-14-20-12-6-8-16-22(20)24)28(36)33-25-19-11-15-21-13-7-9-17-23(21)25/h6-19,26H,1-5H3,(H,32,35)(H,33,36)(H,34,37). The zero-order chi connectivity index (χ0) is 26.8. The quantitative estimate of drug-likeness (QED) is 0.281. The number of nitrogens with one attached hydrogen (secondary N) is 3. The number of benzene rings is 4. The minimum Gasteiger partial charge on any atom is -0.351 e. The Morgan fingerprint density at radius 2 is 1.00 bits per heavy atom. The van der Waals surface area contributed by atoms with Gasteiger partial charge in [0.05, 0.1) is 5.41 Å². The summed E-state index contributed by atoms with van der Waals surface area (Å²) in [6.45, 7) is 8.85. The van der Waals surface area contributed by atoms with Crippen LogP contribution in [0.4, 0.5) is 11.4 Å². The normalized spacial score (nSPS) is 11.9. The van der Waals surface area contributed by atoms with Crippen LogP contribution >= 0.6 is 0 Å². The third-order valence-electron chi connectivity index (χ3n) is 6.41. The van der Waals surface area contributed by atoms with Gasteiger partial charge in [0.1, 0.15) is 5.92 Å². The van der Waals surface area contributed by atoms with Crippen LogP contribution in [0.25, 0.3) is 21.5 Å². The Balaban J connectivity index is 1.72. The molecule has 6 nitrogen and oxygen atoms in total. The van der Waals surface area contributed by atoms with Gasteiger partial charge in [-0.3, -0.25) is 14.4 Å². The van der Waals surface area contributed by atoms with Crippen molar-refractivity contribution in [1.29, 1.82) is 0 Å². The zero-order valence-corrected chi connectivity index (χ0v) is 21.9. The van der Waals surface area contributed by atoms with Gasteiger partial charge in [0, 0.05) is 27.7 Å². The van der Waals surface area contributed by atoms with Gasteiger partial charge in [-0.2, -0.15) is 0 Å². The first-order valence-electron chi connectivity index (χ1n) is 12.4. The summed E-state index contributed by atoms with van der Waals surface area (Å²) in [6, 6.07) is 26.6. The van der Waals surface area contributed by atoms with Crippen LogP contribution in [0.2, 0.25) is 0 Å². The molecule has 0 aliphatic heterocycles. The van der Waals surface area contributed by atoms with E-state index >= 15 is 0 Å². The molecule has 4 rings (SSSR count). The second-order valence-electron chi connectivity index (χ2n) is 10.9. The van der Waals surface area contributed by atoms with Crippen molar-refractivity contribution in [3.05, 3.63) is 84.9 Å². The lowest BCUT2D eigenvalue weighted by Gasteiger charge is -2.34. The van der Waals surface area contributed by atoms with Crippen molar-refractivity contribution in [1.82, 2.24) is 5.32 Å². The van der Waals surface area contributed by atoms with Gasteiger partial charge in [-0.25, -0.2) is 0 Å². The molecule has 4 aromatic rings. The lowest BCUT2D eigenvalue weighted by molar-refractivity contribution is -0.145. The Hall–Kier alpha value is -4.19. The van der Waals surface area contributed by atoms with E-state index in [-0.39, 0.29) is 5.91 Å². The monoisotopic (exact) mass is 495 g/mol. The first kappa shape index (κ1) is 25.9. The third kappa shape index (κ3) is 5.64.